The number of halogens is 1. The molecule has 5 nitrogen and oxygen atoms in total. The molecular weight excluding hydrogens is 405 g/mol. The van der Waals surface area contributed by atoms with Crippen LogP contribution in [0.25, 0.3) is 0 Å². The first-order chi connectivity index (χ1) is 10.4. The molecular formula is C17H34IN3O2. The minimum absolute atomic E-state index is 0. The van der Waals surface area contributed by atoms with E-state index < -0.39 is 0 Å². The van der Waals surface area contributed by atoms with Crippen LogP contribution >= 0.6 is 24.0 Å². The zero-order valence-corrected chi connectivity index (χ0v) is 17.7. The van der Waals surface area contributed by atoms with Gasteiger partial charge in [0.15, 0.2) is 5.96 Å². The lowest BCUT2D eigenvalue weighted by molar-refractivity contribution is -0.0667. The highest BCUT2D eigenvalue weighted by molar-refractivity contribution is 14.0. The first kappa shape index (κ1) is 21.0. The first-order valence-corrected chi connectivity index (χ1v) is 8.52. The molecule has 0 radical (unpaired) electrons. The lowest BCUT2D eigenvalue weighted by Crippen LogP contribution is -2.72. The van der Waals surface area contributed by atoms with Gasteiger partial charge in [-0.25, -0.2) is 0 Å². The highest BCUT2D eigenvalue weighted by Gasteiger charge is 2.53. The van der Waals surface area contributed by atoms with Gasteiger partial charge in [-0.05, 0) is 26.7 Å². The van der Waals surface area contributed by atoms with E-state index in [1.807, 2.05) is 7.05 Å². The molecule has 2 aliphatic rings. The van der Waals surface area contributed by atoms with E-state index in [2.05, 4.69) is 42.9 Å². The molecule has 2 rings (SSSR count). The van der Waals surface area contributed by atoms with Gasteiger partial charge in [-0.3, -0.25) is 4.99 Å². The van der Waals surface area contributed by atoms with Crippen LogP contribution in [0.15, 0.2) is 4.99 Å². The Bertz CT molecular complexity index is 393. The third-order valence-corrected chi connectivity index (χ3v) is 5.48. The summed E-state index contributed by atoms with van der Waals surface area (Å²) in [7, 11) is 1.86. The molecule has 23 heavy (non-hydrogen) atoms. The molecule has 136 valence electrons. The molecule has 0 amide bonds. The maximum absolute atomic E-state index is 5.73. The fourth-order valence-corrected chi connectivity index (χ4v) is 3.03. The van der Waals surface area contributed by atoms with Gasteiger partial charge in [-0.15, -0.1) is 24.0 Å². The van der Waals surface area contributed by atoms with Gasteiger partial charge in [0.1, 0.15) is 0 Å². The molecule has 0 aromatic heterocycles. The molecule has 1 N–H and O–H groups in total. The molecule has 0 spiro atoms. The van der Waals surface area contributed by atoms with Crippen LogP contribution in [0.4, 0.5) is 0 Å². The lowest BCUT2D eigenvalue weighted by Gasteiger charge is -2.62. The molecule has 2 fully saturated rings. The Morgan fingerprint density at radius 1 is 1.35 bits per heavy atom. The molecule has 2 saturated heterocycles. The number of likely N-dealkylation sites (tertiary alicyclic amines) is 1. The summed E-state index contributed by atoms with van der Waals surface area (Å²) in [4.78, 5) is 6.79. The monoisotopic (exact) mass is 439 g/mol. The quantitative estimate of drug-likeness (QED) is 0.299. The number of aliphatic imine (C=N–C) groups is 1. The van der Waals surface area contributed by atoms with E-state index in [9.17, 15) is 0 Å². The SMILES string of the molecule is CN=C(NCCCOCC1CCOC1)N1CC(C)(C)C1(C)C.I. The average molecular weight is 439 g/mol. The van der Waals surface area contributed by atoms with Gasteiger partial charge in [0.25, 0.3) is 0 Å². The van der Waals surface area contributed by atoms with Gasteiger partial charge >= 0.3 is 0 Å². The number of nitrogens with zero attached hydrogens (tertiary/aromatic N) is 2. The zero-order valence-electron chi connectivity index (χ0n) is 15.4. The second-order valence-corrected chi connectivity index (χ2v) is 7.66. The van der Waals surface area contributed by atoms with Crippen LogP contribution < -0.4 is 5.32 Å². The number of nitrogens with one attached hydrogen (secondary N) is 1. The third kappa shape index (κ3) is 4.95. The number of hydrogen-bond donors (Lipinski definition) is 1. The molecule has 1 unspecified atom stereocenters. The number of hydrogen-bond acceptors (Lipinski definition) is 3. The molecule has 2 aliphatic heterocycles. The summed E-state index contributed by atoms with van der Waals surface area (Å²) >= 11 is 0. The van der Waals surface area contributed by atoms with Crippen LogP contribution in [0, 0.1) is 11.3 Å². The van der Waals surface area contributed by atoms with Crippen molar-refractivity contribution in [3.05, 3.63) is 0 Å². The standard InChI is InChI=1S/C17H33N3O2.HI/c1-16(2)13-20(17(16,3)4)15(18-5)19-8-6-9-21-11-14-7-10-22-12-14;/h14H,6-13H2,1-5H3,(H,18,19);1H. The minimum Gasteiger partial charge on any atom is -0.381 e. The van der Waals surface area contributed by atoms with Crippen LogP contribution in [0.3, 0.4) is 0 Å². The topological polar surface area (TPSA) is 46.1 Å². The fourth-order valence-electron chi connectivity index (χ4n) is 3.03. The van der Waals surface area contributed by atoms with Gasteiger partial charge < -0.3 is 19.7 Å². The molecule has 2 heterocycles. The van der Waals surface area contributed by atoms with Gasteiger partial charge in [-0.2, -0.15) is 0 Å². The molecule has 1 atom stereocenters. The first-order valence-electron chi connectivity index (χ1n) is 8.52. The predicted octanol–water partition coefficient (Wildman–Crippen LogP) is 2.74. The van der Waals surface area contributed by atoms with Gasteiger partial charge in [0, 0.05) is 50.2 Å². The van der Waals surface area contributed by atoms with Crippen molar-refractivity contribution in [2.75, 3.05) is 46.6 Å². The fraction of sp³-hybridized carbons (Fsp3) is 0.941. The normalized spacial score (nSPS) is 25.7. The Morgan fingerprint density at radius 3 is 2.61 bits per heavy atom. The number of ether oxygens (including phenoxy) is 2. The number of rotatable bonds is 6. The van der Waals surface area contributed by atoms with Crippen molar-refractivity contribution in [2.24, 2.45) is 16.3 Å². The summed E-state index contributed by atoms with van der Waals surface area (Å²) in [6.07, 6.45) is 2.15. The Balaban J connectivity index is 0.00000264. The van der Waals surface area contributed by atoms with Crippen LogP contribution in [-0.4, -0.2) is 63.0 Å². The Kier molecular flexibility index (Phi) is 8.07. The van der Waals surface area contributed by atoms with Crippen LogP contribution in [-0.2, 0) is 9.47 Å². The highest BCUT2D eigenvalue weighted by Crippen LogP contribution is 2.46. The Morgan fingerprint density at radius 2 is 2.09 bits per heavy atom. The van der Waals surface area contributed by atoms with Gasteiger partial charge in [0.2, 0.25) is 0 Å². The van der Waals surface area contributed by atoms with E-state index >= 15 is 0 Å². The summed E-state index contributed by atoms with van der Waals surface area (Å²) in [5, 5.41) is 3.46. The van der Waals surface area contributed by atoms with E-state index in [-0.39, 0.29) is 29.5 Å². The maximum atomic E-state index is 5.73. The van der Waals surface area contributed by atoms with Crippen LogP contribution in [0.1, 0.15) is 40.5 Å². The van der Waals surface area contributed by atoms with Crippen molar-refractivity contribution in [3.8, 4) is 0 Å². The van der Waals surface area contributed by atoms with Crippen molar-refractivity contribution in [3.63, 3.8) is 0 Å². The van der Waals surface area contributed by atoms with Gasteiger partial charge in [0.05, 0.1) is 13.2 Å². The van der Waals surface area contributed by atoms with Crippen molar-refractivity contribution in [1.29, 1.82) is 0 Å². The number of guanidine groups is 1. The van der Waals surface area contributed by atoms with E-state index in [0.717, 1.165) is 58.3 Å². The molecule has 6 heteroatoms. The van der Waals surface area contributed by atoms with E-state index in [1.165, 1.54) is 0 Å². The summed E-state index contributed by atoms with van der Waals surface area (Å²) in [5.74, 6) is 1.61. The van der Waals surface area contributed by atoms with Crippen molar-refractivity contribution in [1.82, 2.24) is 10.2 Å². The van der Waals surface area contributed by atoms with E-state index in [4.69, 9.17) is 9.47 Å². The van der Waals surface area contributed by atoms with Crippen molar-refractivity contribution in [2.45, 2.75) is 46.1 Å². The third-order valence-electron chi connectivity index (χ3n) is 5.48. The summed E-state index contributed by atoms with van der Waals surface area (Å²) < 4.78 is 11.1. The van der Waals surface area contributed by atoms with Crippen LogP contribution in [0.5, 0.6) is 0 Å². The van der Waals surface area contributed by atoms with E-state index in [1.54, 1.807) is 0 Å². The average Bonchev–Trinajstić information content (AvgIpc) is 2.98. The second-order valence-electron chi connectivity index (χ2n) is 7.66. The zero-order chi connectivity index (χ0) is 16.2. The van der Waals surface area contributed by atoms with Crippen molar-refractivity contribution < 1.29 is 9.47 Å². The smallest absolute Gasteiger partial charge is 0.194 e. The largest absolute Gasteiger partial charge is 0.381 e. The molecule has 0 aromatic carbocycles. The summed E-state index contributed by atoms with van der Waals surface area (Å²) in [6.45, 7) is 14.6. The Hall–Kier alpha value is -0.0800. The minimum atomic E-state index is 0. The van der Waals surface area contributed by atoms with E-state index in [0.29, 0.717) is 11.3 Å². The summed E-state index contributed by atoms with van der Waals surface area (Å²) in [5.41, 5.74) is 0.477. The lowest BCUT2D eigenvalue weighted by atomic mass is 9.65. The van der Waals surface area contributed by atoms with Crippen LogP contribution in [0.2, 0.25) is 0 Å². The summed E-state index contributed by atoms with van der Waals surface area (Å²) in [6, 6.07) is 0. The van der Waals surface area contributed by atoms with Crippen molar-refractivity contribution >= 4 is 29.9 Å². The molecule has 0 aliphatic carbocycles. The highest BCUT2D eigenvalue weighted by atomic mass is 127. The predicted molar refractivity (Wildman–Crippen MR) is 106 cm³/mol. The second kappa shape index (κ2) is 8.85. The molecule has 0 saturated carbocycles. The molecule has 0 bridgehead atoms. The van der Waals surface area contributed by atoms with Gasteiger partial charge in [-0.1, -0.05) is 13.8 Å². The molecule has 0 aromatic rings. The maximum Gasteiger partial charge on any atom is 0.194 e. The Labute approximate surface area is 158 Å².